The molecule has 3 N–H and O–H groups in total. The van der Waals surface area contributed by atoms with Crippen LogP contribution in [-0.4, -0.2) is 150 Å². The first-order chi connectivity index (χ1) is 30.5. The van der Waals surface area contributed by atoms with Gasteiger partial charge in [-0.15, -0.1) is 0 Å². The summed E-state index contributed by atoms with van der Waals surface area (Å²) in [5, 5.41) is 36.2. The van der Waals surface area contributed by atoms with Gasteiger partial charge in [0.2, 0.25) is 0 Å². The lowest BCUT2D eigenvalue weighted by Crippen LogP contribution is -2.61. The first-order valence-corrected chi connectivity index (χ1v) is 23.4. The number of carbonyl (C=O) groups excluding carboxylic acids is 2. The Morgan fingerprint density at radius 2 is 1.63 bits per heavy atom. The zero-order valence-electron chi connectivity index (χ0n) is 41.2. The summed E-state index contributed by atoms with van der Waals surface area (Å²) in [5.41, 5.74) is -1.85. The number of aromatic nitrogens is 1. The van der Waals surface area contributed by atoms with Crippen molar-refractivity contribution in [1.82, 2.24) is 9.88 Å². The van der Waals surface area contributed by atoms with Gasteiger partial charge in [0.05, 0.1) is 59.2 Å². The van der Waals surface area contributed by atoms with Crippen LogP contribution in [0.15, 0.2) is 48.2 Å². The van der Waals surface area contributed by atoms with Crippen molar-refractivity contribution in [3.05, 3.63) is 53.7 Å². The SMILES string of the molecule is CC[C@H]1OC(=O)[C@H](C)[C@@H](O[C@H]2C[C@@](C)(OC)[C@@H](O)[C@H](C)O2)[C@H](C)[C@@H](O[C@@H]2O[C@H](C)C[C@H](N(C)C)[C@H]2O)[C@@](C)(OC)C[C@@H](C)/C=C(/C)[C@H](CCOC(=O)c2ccnc3ccccc23)[C@]1(C)O. The van der Waals surface area contributed by atoms with E-state index in [9.17, 15) is 24.9 Å². The van der Waals surface area contributed by atoms with Gasteiger partial charge in [-0.2, -0.15) is 0 Å². The van der Waals surface area contributed by atoms with Gasteiger partial charge >= 0.3 is 11.9 Å². The van der Waals surface area contributed by atoms with Gasteiger partial charge in [0.15, 0.2) is 12.6 Å². The van der Waals surface area contributed by atoms with Crippen molar-refractivity contribution in [3.8, 4) is 0 Å². The third kappa shape index (κ3) is 11.8. The van der Waals surface area contributed by atoms with Crippen LogP contribution in [0.3, 0.4) is 0 Å². The quantitative estimate of drug-likeness (QED) is 0.161. The number of hydrogen-bond donors (Lipinski definition) is 3. The van der Waals surface area contributed by atoms with Crippen molar-refractivity contribution >= 4 is 22.8 Å². The summed E-state index contributed by atoms with van der Waals surface area (Å²) >= 11 is 0. The monoisotopic (exact) mass is 915 g/mol. The molecule has 0 radical (unpaired) electrons. The summed E-state index contributed by atoms with van der Waals surface area (Å²) in [6, 6.07) is 8.73. The zero-order chi connectivity index (χ0) is 48.2. The van der Waals surface area contributed by atoms with Crippen LogP contribution in [0.1, 0.15) is 112 Å². The molecule has 0 saturated carbocycles. The van der Waals surface area contributed by atoms with Crippen LogP contribution in [0.5, 0.6) is 0 Å². The highest BCUT2D eigenvalue weighted by atomic mass is 16.7. The molecule has 0 spiro atoms. The maximum absolute atomic E-state index is 14.7. The molecule has 366 valence electrons. The van der Waals surface area contributed by atoms with Crippen molar-refractivity contribution in [2.45, 2.75) is 179 Å². The van der Waals surface area contributed by atoms with Gasteiger partial charge in [0.25, 0.3) is 0 Å². The number of rotatable bonds is 12. The Morgan fingerprint density at radius 3 is 2.28 bits per heavy atom. The number of benzene rings is 1. The molecule has 0 unspecified atom stereocenters. The summed E-state index contributed by atoms with van der Waals surface area (Å²) < 4.78 is 51.1. The predicted molar refractivity (Wildman–Crippen MR) is 245 cm³/mol. The number of hydrogen-bond acceptors (Lipinski definition) is 15. The van der Waals surface area contributed by atoms with Crippen LogP contribution in [0, 0.1) is 23.7 Å². The van der Waals surface area contributed by atoms with E-state index < -0.39 is 95.7 Å². The van der Waals surface area contributed by atoms with Crippen molar-refractivity contribution in [2.24, 2.45) is 23.7 Å². The van der Waals surface area contributed by atoms with Gasteiger partial charge in [-0.25, -0.2) is 4.79 Å². The van der Waals surface area contributed by atoms with Crippen LogP contribution >= 0.6 is 0 Å². The lowest BCUT2D eigenvalue weighted by Gasteiger charge is -2.49. The minimum atomic E-state index is -1.62. The van der Waals surface area contributed by atoms with Crippen LogP contribution in [0.4, 0.5) is 0 Å². The summed E-state index contributed by atoms with van der Waals surface area (Å²) in [4.78, 5) is 34.6. The van der Waals surface area contributed by atoms with Crippen LogP contribution in [-0.2, 0) is 42.7 Å². The number of pyridine rings is 1. The summed E-state index contributed by atoms with van der Waals surface area (Å²) in [7, 11) is 6.97. The number of aliphatic hydroxyl groups is 3. The number of ether oxygens (including phenoxy) is 8. The minimum absolute atomic E-state index is 0.0270. The van der Waals surface area contributed by atoms with E-state index in [0.717, 1.165) is 5.57 Å². The highest BCUT2D eigenvalue weighted by Gasteiger charge is 2.53. The van der Waals surface area contributed by atoms with E-state index in [2.05, 4.69) is 18.0 Å². The fourth-order valence-corrected chi connectivity index (χ4v) is 10.7. The Bertz CT molecular complexity index is 1920. The molecule has 1 aromatic heterocycles. The lowest BCUT2D eigenvalue weighted by molar-refractivity contribution is -0.319. The molecule has 1 aromatic carbocycles. The maximum atomic E-state index is 14.7. The molecule has 17 atom stereocenters. The number of allylic oxidation sites excluding steroid dienone is 1. The topological polar surface area (TPSA) is 185 Å². The summed E-state index contributed by atoms with van der Waals surface area (Å²) in [5.74, 6) is -3.56. The predicted octanol–water partition coefficient (Wildman–Crippen LogP) is 6.23. The first-order valence-electron chi connectivity index (χ1n) is 23.4. The Kier molecular flexibility index (Phi) is 17.8. The van der Waals surface area contributed by atoms with E-state index in [1.807, 2.05) is 77.9 Å². The second-order valence-corrected chi connectivity index (χ2v) is 19.8. The van der Waals surface area contributed by atoms with Gasteiger partial charge in [-0.05, 0) is 106 Å². The number of carbonyl (C=O) groups is 2. The molecule has 65 heavy (non-hydrogen) atoms. The normalized spacial score (nSPS) is 41.0. The van der Waals surface area contributed by atoms with Crippen LogP contribution in [0.25, 0.3) is 10.9 Å². The minimum Gasteiger partial charge on any atom is -0.462 e. The highest BCUT2D eigenvalue weighted by molar-refractivity contribution is 6.03. The molecule has 4 heterocycles. The molecular weight excluding hydrogens is 837 g/mol. The van der Waals surface area contributed by atoms with Crippen LogP contribution < -0.4 is 0 Å². The van der Waals surface area contributed by atoms with E-state index in [0.29, 0.717) is 29.3 Å². The van der Waals surface area contributed by atoms with Crippen molar-refractivity contribution < 1.29 is 62.8 Å². The second kappa shape index (κ2) is 21.9. The molecule has 2 aromatic rings. The molecule has 15 nitrogen and oxygen atoms in total. The average molecular weight is 915 g/mol. The molecule has 15 heteroatoms. The maximum Gasteiger partial charge on any atom is 0.338 e. The smallest absolute Gasteiger partial charge is 0.338 e. The van der Waals surface area contributed by atoms with E-state index in [1.54, 1.807) is 47.1 Å². The van der Waals surface area contributed by atoms with E-state index in [4.69, 9.17) is 37.9 Å². The van der Waals surface area contributed by atoms with E-state index in [-0.39, 0.29) is 43.9 Å². The largest absolute Gasteiger partial charge is 0.462 e. The Morgan fingerprint density at radius 1 is 0.954 bits per heavy atom. The Hall–Kier alpha value is -3.09. The third-order valence-electron chi connectivity index (χ3n) is 14.6. The Labute approximate surface area is 386 Å². The average Bonchev–Trinajstić information content (AvgIpc) is 3.26. The lowest BCUT2D eigenvalue weighted by atomic mass is 9.74. The molecule has 3 aliphatic heterocycles. The second-order valence-electron chi connectivity index (χ2n) is 19.8. The summed E-state index contributed by atoms with van der Waals surface area (Å²) in [6.45, 7) is 18.6. The standard InChI is InChI=1S/C50H78N2O13/c1-15-39-50(10,57)36(21-23-60-46(56)35-20-22-51-37-19-17-16-18-34(35)37)29(3)24-28(2)26-49(9,59-14)44(65-47-41(53)38(52(11)12)25-30(4)61-47)31(5)42(32(6)45(55)63-39)64-40-27-48(8,58-13)43(54)33(7)62-40/h16-20,22,24,28,30-33,36,38-44,47,53-54,57H,15,21,23,25-27H2,1-14H3/b29-24-/t28-,30+,31-,32+,33-,36-,38-,39+,40-,41+,42-,43-,44+,47-,48+,49-,50-/m0/s1. The zero-order valence-corrected chi connectivity index (χ0v) is 41.2. The van der Waals surface area contributed by atoms with Crippen molar-refractivity contribution in [3.63, 3.8) is 0 Å². The fraction of sp³-hybridized carbons (Fsp3) is 0.740. The van der Waals surface area contributed by atoms with E-state index in [1.165, 1.54) is 7.11 Å². The van der Waals surface area contributed by atoms with Crippen molar-refractivity contribution in [2.75, 3.05) is 34.9 Å². The number of fused-ring (bicyclic) bond motifs is 1. The number of methoxy groups -OCH3 is 2. The number of aliphatic hydroxyl groups excluding tert-OH is 2. The molecule has 2 fully saturated rings. The Balaban J connectivity index is 1.57. The number of para-hydroxylation sites is 1. The van der Waals surface area contributed by atoms with Crippen molar-refractivity contribution in [1.29, 1.82) is 0 Å². The van der Waals surface area contributed by atoms with Gasteiger partial charge in [-0.1, -0.05) is 50.6 Å². The highest BCUT2D eigenvalue weighted by Crippen LogP contribution is 2.42. The van der Waals surface area contributed by atoms with E-state index >= 15 is 0 Å². The molecule has 0 bridgehead atoms. The molecule has 0 amide bonds. The number of nitrogens with zero attached hydrogens (tertiary/aromatic N) is 2. The van der Waals surface area contributed by atoms with Gasteiger partial charge in [-0.3, -0.25) is 9.78 Å². The number of likely N-dealkylation sites (N-methyl/N-ethyl adjacent to an activating group) is 1. The first kappa shape index (κ1) is 52.9. The van der Waals surface area contributed by atoms with Crippen LogP contribution in [0.2, 0.25) is 0 Å². The molecule has 0 aliphatic carbocycles. The fourth-order valence-electron chi connectivity index (χ4n) is 10.7. The molecule has 3 aliphatic rings. The van der Waals surface area contributed by atoms with Gasteiger partial charge in [0.1, 0.15) is 23.9 Å². The summed E-state index contributed by atoms with van der Waals surface area (Å²) in [6.07, 6.45) is -2.35. The molecule has 2 saturated heterocycles. The number of esters is 2. The molecular formula is C50H78N2O13. The third-order valence-corrected chi connectivity index (χ3v) is 14.6. The van der Waals surface area contributed by atoms with Gasteiger partial charge < -0.3 is 58.1 Å². The number of cyclic esters (lactones) is 1. The molecule has 5 rings (SSSR count). The van der Waals surface area contributed by atoms with Gasteiger partial charge in [0, 0.05) is 50.1 Å².